The average molecular weight is 119 g/mol. The number of methoxy groups -OCH3 is 1. The van der Waals surface area contributed by atoms with Crippen molar-refractivity contribution in [2.24, 2.45) is 0 Å². The second-order valence-electron chi connectivity index (χ2n) is 0.883. The van der Waals surface area contributed by atoms with Crippen molar-refractivity contribution >= 4 is 11.6 Å². The van der Waals surface area contributed by atoms with Gasteiger partial charge in [-0.3, -0.25) is 0 Å². The van der Waals surface area contributed by atoms with Crippen LogP contribution in [0.2, 0.25) is 0 Å². The lowest BCUT2D eigenvalue weighted by molar-refractivity contribution is 0.338. The summed E-state index contributed by atoms with van der Waals surface area (Å²) in [4.78, 5) is 0. The minimum atomic E-state index is 1.41. The molecule has 2 heteroatoms. The zero-order valence-corrected chi connectivity index (χ0v) is 4.85. The van der Waals surface area contributed by atoms with E-state index in [-0.39, 0.29) is 0 Å². The van der Waals surface area contributed by atoms with Crippen LogP contribution >= 0.6 is 11.6 Å². The Kier molecular flexibility index (Phi) is 5.23. The highest BCUT2D eigenvalue weighted by Gasteiger charge is 1.56. The number of halogens is 1. The van der Waals surface area contributed by atoms with Crippen molar-refractivity contribution in [3.63, 3.8) is 0 Å². The molecule has 0 unspecified atom stereocenters. The predicted molar refractivity (Wildman–Crippen MR) is 31.1 cm³/mol. The fourth-order valence-electron chi connectivity index (χ4n) is 0.166. The summed E-state index contributed by atoms with van der Waals surface area (Å²) in [5.74, 6) is 0. The topological polar surface area (TPSA) is 9.23 Å². The van der Waals surface area contributed by atoms with Gasteiger partial charge in [-0.2, -0.15) is 0 Å². The number of hydrogen-bond donors (Lipinski definition) is 0. The molecule has 7 heavy (non-hydrogen) atoms. The number of allylic oxidation sites excluding steroid dienone is 2. The van der Waals surface area contributed by atoms with Crippen LogP contribution in [0.5, 0.6) is 0 Å². The van der Waals surface area contributed by atoms with Crippen molar-refractivity contribution in [2.75, 3.05) is 7.11 Å². The number of ether oxygens (including phenoxy) is 1. The molecule has 0 aromatic rings. The molecule has 40 valence electrons. The summed E-state index contributed by atoms with van der Waals surface area (Å²) in [6.07, 6.45) is 4.91. The van der Waals surface area contributed by atoms with Gasteiger partial charge in [-0.15, -0.1) is 0 Å². The molecule has 0 aliphatic heterocycles. The lowest BCUT2D eigenvalue weighted by atomic mass is 10.6. The van der Waals surface area contributed by atoms with Gasteiger partial charge in [-0.1, -0.05) is 11.6 Å². The first-order valence-electron chi connectivity index (χ1n) is 1.86. The standard InChI is InChI=1S/C5H7ClO/c1-7-5-3-2-4-6/h2-5H,1H3/b4-2-,5-3+. The van der Waals surface area contributed by atoms with Gasteiger partial charge in [0.2, 0.25) is 0 Å². The molecule has 0 saturated heterocycles. The summed E-state index contributed by atoms with van der Waals surface area (Å²) in [6, 6.07) is 0. The first kappa shape index (κ1) is 6.57. The molecule has 0 aliphatic carbocycles. The van der Waals surface area contributed by atoms with Gasteiger partial charge in [0.15, 0.2) is 0 Å². The molecule has 0 spiro atoms. The van der Waals surface area contributed by atoms with E-state index in [9.17, 15) is 0 Å². The van der Waals surface area contributed by atoms with E-state index >= 15 is 0 Å². The second kappa shape index (κ2) is 5.57. The van der Waals surface area contributed by atoms with Crippen LogP contribution in [0.3, 0.4) is 0 Å². The number of rotatable bonds is 2. The van der Waals surface area contributed by atoms with E-state index in [1.54, 1.807) is 25.5 Å². The SMILES string of the molecule is CO/C=C/C=C\Cl. The smallest absolute Gasteiger partial charge is 0.0824 e. The summed E-state index contributed by atoms with van der Waals surface area (Å²) in [5.41, 5.74) is 1.41. The highest BCUT2D eigenvalue weighted by molar-refractivity contribution is 6.25. The third kappa shape index (κ3) is 5.57. The Labute approximate surface area is 48.2 Å². The molecule has 0 amide bonds. The number of hydrogen-bond acceptors (Lipinski definition) is 1. The van der Waals surface area contributed by atoms with E-state index < -0.39 is 0 Å². The van der Waals surface area contributed by atoms with Gasteiger partial charge >= 0.3 is 0 Å². The van der Waals surface area contributed by atoms with Crippen molar-refractivity contribution in [3.05, 3.63) is 23.9 Å². The molecular weight excluding hydrogens is 112 g/mol. The van der Waals surface area contributed by atoms with Gasteiger partial charge in [0.05, 0.1) is 13.4 Å². The van der Waals surface area contributed by atoms with Gasteiger partial charge < -0.3 is 4.74 Å². The highest BCUT2D eigenvalue weighted by Crippen LogP contribution is 1.79. The van der Waals surface area contributed by atoms with Crippen LogP contribution in [-0.2, 0) is 4.74 Å². The summed E-state index contributed by atoms with van der Waals surface area (Å²) in [7, 11) is 1.58. The van der Waals surface area contributed by atoms with E-state index in [0.29, 0.717) is 0 Å². The maximum absolute atomic E-state index is 5.15. The minimum Gasteiger partial charge on any atom is -0.504 e. The van der Waals surface area contributed by atoms with Crippen LogP contribution in [-0.4, -0.2) is 7.11 Å². The van der Waals surface area contributed by atoms with Crippen LogP contribution in [0, 0.1) is 0 Å². The van der Waals surface area contributed by atoms with Gasteiger partial charge in [-0.05, 0) is 12.2 Å². The Morgan fingerprint density at radius 2 is 2.14 bits per heavy atom. The fourth-order valence-corrected chi connectivity index (χ4v) is 0.250. The molecule has 0 N–H and O–H groups in total. The van der Waals surface area contributed by atoms with Crippen molar-refractivity contribution in [1.82, 2.24) is 0 Å². The molecule has 0 rings (SSSR count). The Morgan fingerprint density at radius 1 is 1.43 bits per heavy atom. The van der Waals surface area contributed by atoms with Gasteiger partial charge in [0, 0.05) is 5.54 Å². The van der Waals surface area contributed by atoms with Crippen molar-refractivity contribution in [3.8, 4) is 0 Å². The maximum atomic E-state index is 5.15. The zero-order valence-electron chi connectivity index (χ0n) is 4.10. The molecule has 0 aromatic heterocycles. The molecule has 0 saturated carbocycles. The Bertz CT molecular complexity index is 76.1. The third-order valence-corrected chi connectivity index (χ3v) is 0.544. The fraction of sp³-hybridized carbons (Fsp3) is 0.200. The zero-order chi connectivity index (χ0) is 5.54. The first-order valence-corrected chi connectivity index (χ1v) is 2.30. The van der Waals surface area contributed by atoms with Crippen LogP contribution in [0.15, 0.2) is 23.9 Å². The summed E-state index contributed by atoms with van der Waals surface area (Å²) in [6.45, 7) is 0. The van der Waals surface area contributed by atoms with Gasteiger partial charge in [-0.25, -0.2) is 0 Å². The molecule has 0 fully saturated rings. The van der Waals surface area contributed by atoms with Crippen molar-refractivity contribution < 1.29 is 4.74 Å². The largest absolute Gasteiger partial charge is 0.504 e. The van der Waals surface area contributed by atoms with E-state index in [4.69, 9.17) is 11.6 Å². The summed E-state index contributed by atoms with van der Waals surface area (Å²) < 4.78 is 4.55. The predicted octanol–water partition coefficient (Wildman–Crippen LogP) is 1.90. The normalized spacial score (nSPS) is 11.1. The van der Waals surface area contributed by atoms with Gasteiger partial charge in [0.25, 0.3) is 0 Å². The monoisotopic (exact) mass is 118 g/mol. The lowest BCUT2D eigenvalue weighted by Crippen LogP contribution is -1.59. The van der Waals surface area contributed by atoms with E-state index in [0.717, 1.165) is 0 Å². The van der Waals surface area contributed by atoms with Crippen LogP contribution in [0.1, 0.15) is 0 Å². The summed E-state index contributed by atoms with van der Waals surface area (Å²) in [5, 5.41) is 0. The van der Waals surface area contributed by atoms with Crippen LogP contribution in [0.25, 0.3) is 0 Å². The van der Waals surface area contributed by atoms with Crippen LogP contribution in [0.4, 0.5) is 0 Å². The molecule has 0 aromatic carbocycles. The quantitative estimate of drug-likeness (QED) is 0.398. The second-order valence-corrected chi connectivity index (χ2v) is 1.13. The highest BCUT2D eigenvalue weighted by atomic mass is 35.5. The van der Waals surface area contributed by atoms with Gasteiger partial charge in [0.1, 0.15) is 0 Å². The Balaban J connectivity index is 3.09. The molecule has 0 heterocycles. The van der Waals surface area contributed by atoms with Crippen LogP contribution < -0.4 is 0 Å². The maximum Gasteiger partial charge on any atom is 0.0824 e. The molecule has 0 aliphatic rings. The molecule has 1 nitrogen and oxygen atoms in total. The van der Waals surface area contributed by atoms with E-state index in [1.165, 1.54) is 5.54 Å². The molecular formula is C5H7ClO. The Morgan fingerprint density at radius 3 is 2.57 bits per heavy atom. The third-order valence-electron chi connectivity index (χ3n) is 0.399. The average Bonchev–Trinajstić information content (AvgIpc) is 1.69. The molecule has 0 radical (unpaired) electrons. The van der Waals surface area contributed by atoms with E-state index in [2.05, 4.69) is 4.74 Å². The van der Waals surface area contributed by atoms with Crippen molar-refractivity contribution in [2.45, 2.75) is 0 Å². The Hall–Kier alpha value is -0.430. The lowest BCUT2D eigenvalue weighted by Gasteiger charge is -1.78. The van der Waals surface area contributed by atoms with E-state index in [1.807, 2.05) is 0 Å². The molecule has 0 bridgehead atoms. The first-order chi connectivity index (χ1) is 3.41. The van der Waals surface area contributed by atoms with Crippen molar-refractivity contribution in [1.29, 1.82) is 0 Å². The molecule has 0 atom stereocenters. The minimum absolute atomic E-state index is 1.41. The summed E-state index contributed by atoms with van der Waals surface area (Å²) >= 11 is 5.15.